The lowest BCUT2D eigenvalue weighted by Crippen LogP contribution is -2.00. The van der Waals surface area contributed by atoms with Crippen molar-refractivity contribution in [2.45, 2.75) is 24.6 Å². The van der Waals surface area contributed by atoms with Crippen LogP contribution < -0.4 is 4.74 Å². The van der Waals surface area contributed by atoms with Gasteiger partial charge in [-0.2, -0.15) is 0 Å². The highest BCUT2D eigenvalue weighted by atomic mass is 35.5. The number of hydrogen-bond donors (Lipinski definition) is 0. The summed E-state index contributed by atoms with van der Waals surface area (Å²) in [6.45, 7) is 3.80. The van der Waals surface area contributed by atoms with Gasteiger partial charge in [0.25, 0.3) is 0 Å². The monoisotopic (exact) mass is 325 g/mol. The van der Waals surface area contributed by atoms with Crippen LogP contribution in [0, 0.1) is 13.8 Å². The number of benzene rings is 1. The van der Waals surface area contributed by atoms with Crippen LogP contribution in [-0.2, 0) is 15.7 Å². The van der Waals surface area contributed by atoms with Gasteiger partial charge in [-0.25, -0.2) is 13.4 Å². The van der Waals surface area contributed by atoms with Gasteiger partial charge in [0, 0.05) is 17.5 Å². The quantitative estimate of drug-likeness (QED) is 0.805. The Morgan fingerprint density at radius 3 is 2.57 bits per heavy atom. The number of ether oxygens (including phenoxy) is 1. The highest BCUT2D eigenvalue weighted by Gasteiger charge is 2.12. The number of aryl methyl sites for hydroxylation is 2. The van der Waals surface area contributed by atoms with E-state index in [1.165, 1.54) is 12.1 Å². The lowest BCUT2D eigenvalue weighted by Gasteiger charge is -2.12. The van der Waals surface area contributed by atoms with E-state index in [2.05, 4.69) is 4.98 Å². The zero-order valence-corrected chi connectivity index (χ0v) is 13.6. The molecule has 1 aromatic heterocycles. The van der Waals surface area contributed by atoms with Crippen molar-refractivity contribution in [3.8, 4) is 11.6 Å². The van der Waals surface area contributed by atoms with Gasteiger partial charge in [0.05, 0.1) is 10.8 Å². The number of nitrogens with zero attached hydrogens (tertiary/aromatic N) is 1. The molecule has 2 aromatic rings. The lowest BCUT2D eigenvalue weighted by atomic mass is 10.1. The summed E-state index contributed by atoms with van der Waals surface area (Å²) in [5.41, 5.74) is 2.61. The van der Waals surface area contributed by atoms with Gasteiger partial charge in [-0.05, 0) is 43.7 Å². The molecule has 0 saturated heterocycles. The Balaban J connectivity index is 2.43. The van der Waals surface area contributed by atoms with E-state index in [0.717, 1.165) is 23.1 Å². The first kappa shape index (κ1) is 15.8. The van der Waals surface area contributed by atoms with Crippen LogP contribution >= 0.6 is 11.6 Å². The lowest BCUT2D eigenvalue weighted by molar-refractivity contribution is 0.455. The van der Waals surface area contributed by atoms with Crippen molar-refractivity contribution in [1.82, 2.24) is 4.98 Å². The van der Waals surface area contributed by atoms with Gasteiger partial charge in [-0.3, -0.25) is 0 Å². The van der Waals surface area contributed by atoms with Crippen LogP contribution in [0.1, 0.15) is 16.8 Å². The predicted octanol–water partition coefficient (Wildman–Crippen LogP) is 3.63. The fourth-order valence-electron chi connectivity index (χ4n) is 1.96. The van der Waals surface area contributed by atoms with E-state index in [4.69, 9.17) is 16.3 Å². The van der Waals surface area contributed by atoms with Crippen molar-refractivity contribution in [2.75, 3.05) is 6.26 Å². The molecule has 4 nitrogen and oxygen atoms in total. The average molecular weight is 326 g/mol. The Kier molecular flexibility index (Phi) is 4.54. The minimum atomic E-state index is -3.28. The molecular weight excluding hydrogens is 310 g/mol. The molecule has 1 heterocycles. The topological polar surface area (TPSA) is 56.3 Å². The normalized spacial score (nSPS) is 11.4. The molecule has 0 atom stereocenters. The third kappa shape index (κ3) is 3.74. The number of hydrogen-bond acceptors (Lipinski definition) is 4. The summed E-state index contributed by atoms with van der Waals surface area (Å²) < 4.78 is 28.9. The second-order valence-electron chi connectivity index (χ2n) is 4.85. The van der Waals surface area contributed by atoms with Gasteiger partial charge < -0.3 is 4.74 Å². The smallest absolute Gasteiger partial charge is 0.224 e. The summed E-state index contributed by atoms with van der Waals surface area (Å²) in [5, 5.41) is 0. The molecule has 0 bridgehead atoms. The molecule has 0 amide bonds. The van der Waals surface area contributed by atoms with E-state index in [-0.39, 0.29) is 10.8 Å². The third-order valence-electron chi connectivity index (χ3n) is 3.02. The molecule has 0 N–H and O–H groups in total. The molecule has 0 aliphatic carbocycles. The van der Waals surface area contributed by atoms with E-state index < -0.39 is 9.84 Å². The molecule has 112 valence electrons. The maximum absolute atomic E-state index is 11.6. The van der Waals surface area contributed by atoms with Crippen molar-refractivity contribution >= 4 is 21.4 Å². The summed E-state index contributed by atoms with van der Waals surface area (Å²) in [6.07, 6.45) is 1.16. The largest absolute Gasteiger partial charge is 0.439 e. The van der Waals surface area contributed by atoms with Crippen LogP contribution in [0.5, 0.6) is 11.6 Å². The summed E-state index contributed by atoms with van der Waals surface area (Å²) in [6, 6.07) is 8.25. The van der Waals surface area contributed by atoms with E-state index in [9.17, 15) is 8.42 Å². The molecular formula is C15H16ClNO3S. The number of sulfone groups is 1. The van der Waals surface area contributed by atoms with E-state index in [1.54, 1.807) is 12.1 Å². The first-order valence-corrected chi connectivity index (χ1v) is 8.75. The van der Waals surface area contributed by atoms with Crippen LogP contribution in [0.25, 0.3) is 0 Å². The highest BCUT2D eigenvalue weighted by molar-refractivity contribution is 7.90. The molecule has 2 rings (SSSR count). The second-order valence-corrected chi connectivity index (χ2v) is 7.13. The van der Waals surface area contributed by atoms with Crippen LogP contribution in [0.4, 0.5) is 0 Å². The zero-order chi connectivity index (χ0) is 15.6. The Labute approximate surface area is 129 Å². The maximum atomic E-state index is 11.6. The first-order chi connectivity index (χ1) is 9.81. The molecule has 0 aliphatic rings. The summed E-state index contributed by atoms with van der Waals surface area (Å²) in [7, 11) is -3.28. The maximum Gasteiger partial charge on any atom is 0.224 e. The van der Waals surface area contributed by atoms with Gasteiger partial charge in [0.2, 0.25) is 5.88 Å². The Morgan fingerprint density at radius 2 is 1.95 bits per heavy atom. The van der Waals surface area contributed by atoms with Crippen molar-refractivity contribution in [2.24, 2.45) is 0 Å². The fraction of sp³-hybridized carbons (Fsp3) is 0.267. The first-order valence-electron chi connectivity index (χ1n) is 6.32. The van der Waals surface area contributed by atoms with Crippen LogP contribution in [0.3, 0.4) is 0 Å². The molecule has 0 spiro atoms. The number of aromatic nitrogens is 1. The minimum absolute atomic E-state index is 0.205. The van der Waals surface area contributed by atoms with Crippen LogP contribution in [0.2, 0.25) is 0 Å². The van der Waals surface area contributed by atoms with Crippen molar-refractivity contribution in [3.63, 3.8) is 0 Å². The van der Waals surface area contributed by atoms with Crippen LogP contribution in [0.15, 0.2) is 35.2 Å². The molecule has 6 heteroatoms. The fourth-order valence-corrected chi connectivity index (χ4v) is 2.94. The Hall–Kier alpha value is -1.59. The molecule has 1 aromatic carbocycles. The molecule has 0 unspecified atom stereocenters. The summed E-state index contributed by atoms with van der Waals surface area (Å²) >= 11 is 5.94. The van der Waals surface area contributed by atoms with Gasteiger partial charge in [-0.1, -0.05) is 6.07 Å². The summed E-state index contributed by atoms with van der Waals surface area (Å²) in [4.78, 5) is 4.54. The molecule has 0 aliphatic heterocycles. The van der Waals surface area contributed by atoms with Crippen molar-refractivity contribution in [3.05, 3.63) is 47.2 Å². The SMILES string of the molecule is Cc1cc(C)c(CCl)c(Oc2cccc(S(C)(=O)=O)c2)n1. The van der Waals surface area contributed by atoms with Gasteiger partial charge in [-0.15, -0.1) is 11.6 Å². The van der Waals surface area contributed by atoms with E-state index in [1.807, 2.05) is 19.9 Å². The number of pyridine rings is 1. The van der Waals surface area contributed by atoms with Gasteiger partial charge >= 0.3 is 0 Å². The standard InChI is InChI=1S/C15H16ClNO3S/c1-10-7-11(2)17-15(14(10)9-16)20-12-5-4-6-13(8-12)21(3,18)19/h4-8H,9H2,1-3H3. The average Bonchev–Trinajstić information content (AvgIpc) is 2.37. The van der Waals surface area contributed by atoms with E-state index in [0.29, 0.717) is 11.6 Å². The van der Waals surface area contributed by atoms with Gasteiger partial charge in [0.1, 0.15) is 5.75 Å². The second kappa shape index (κ2) is 6.03. The van der Waals surface area contributed by atoms with Gasteiger partial charge in [0.15, 0.2) is 9.84 Å². The Morgan fingerprint density at radius 1 is 1.24 bits per heavy atom. The van der Waals surface area contributed by atoms with E-state index >= 15 is 0 Å². The number of alkyl halides is 1. The minimum Gasteiger partial charge on any atom is -0.439 e. The number of halogens is 1. The third-order valence-corrected chi connectivity index (χ3v) is 4.40. The number of rotatable bonds is 4. The summed E-state index contributed by atoms with van der Waals surface area (Å²) in [5.74, 6) is 1.11. The molecule has 21 heavy (non-hydrogen) atoms. The van der Waals surface area contributed by atoms with Crippen LogP contribution in [-0.4, -0.2) is 19.7 Å². The molecule has 0 fully saturated rings. The molecule has 0 radical (unpaired) electrons. The molecule has 0 saturated carbocycles. The zero-order valence-electron chi connectivity index (χ0n) is 12.1. The van der Waals surface area contributed by atoms with Crippen molar-refractivity contribution in [1.29, 1.82) is 0 Å². The van der Waals surface area contributed by atoms with Crippen molar-refractivity contribution < 1.29 is 13.2 Å². The highest BCUT2D eigenvalue weighted by Crippen LogP contribution is 2.28. The Bertz CT molecular complexity index is 772. The predicted molar refractivity (Wildman–Crippen MR) is 82.9 cm³/mol.